The van der Waals surface area contributed by atoms with Crippen molar-refractivity contribution in [2.24, 2.45) is 5.73 Å². The quantitative estimate of drug-likeness (QED) is 0.675. The van der Waals surface area contributed by atoms with Crippen molar-refractivity contribution in [2.45, 2.75) is 19.4 Å². The number of hydrogen-bond acceptors (Lipinski definition) is 4. The van der Waals surface area contributed by atoms with Crippen LogP contribution in [0.1, 0.15) is 23.5 Å². The normalized spacial score (nSPS) is 11.5. The van der Waals surface area contributed by atoms with Gasteiger partial charge in [-0.3, -0.25) is 4.79 Å². The lowest BCUT2D eigenvalue weighted by Gasteiger charge is -2.14. The average Bonchev–Trinajstić information content (AvgIpc) is 2.34. The molecular weight excluding hydrogens is 160 g/mol. The Hall–Kier alpha value is -0.740. The van der Waals surface area contributed by atoms with Crippen molar-refractivity contribution >= 4 is 17.3 Å². The molecule has 1 heterocycles. The van der Waals surface area contributed by atoms with E-state index in [2.05, 4.69) is 4.37 Å². The number of Topliss-reactive ketones (excluding diaryl/α,β-unsaturated/α-hetero) is 1. The van der Waals surface area contributed by atoms with Crippen LogP contribution in [-0.4, -0.2) is 15.7 Å². The summed E-state index contributed by atoms with van der Waals surface area (Å²) >= 11 is 1.18. The minimum Gasteiger partial charge on any atom is -0.319 e. The molecule has 0 aromatic carbocycles. The summed E-state index contributed by atoms with van der Waals surface area (Å²) in [6.07, 6.45) is 1.60. The highest BCUT2D eigenvalue weighted by Gasteiger charge is 2.24. The van der Waals surface area contributed by atoms with Crippen LogP contribution >= 0.6 is 11.5 Å². The molecule has 0 aliphatic rings. The topological polar surface area (TPSA) is 56.0 Å². The van der Waals surface area contributed by atoms with Crippen molar-refractivity contribution in [3.63, 3.8) is 0 Å². The second-order valence-corrected chi connectivity index (χ2v) is 3.76. The smallest absolute Gasteiger partial charge is 0.193 e. The van der Waals surface area contributed by atoms with Gasteiger partial charge < -0.3 is 5.73 Å². The van der Waals surface area contributed by atoms with Crippen molar-refractivity contribution in [1.29, 1.82) is 0 Å². The molecule has 3 nitrogen and oxygen atoms in total. The molecule has 2 N–H and O–H groups in total. The maximum atomic E-state index is 11.4. The van der Waals surface area contributed by atoms with E-state index < -0.39 is 5.54 Å². The Labute approximate surface area is 69.4 Å². The van der Waals surface area contributed by atoms with E-state index in [9.17, 15) is 4.79 Å². The van der Waals surface area contributed by atoms with Crippen molar-refractivity contribution in [2.75, 3.05) is 0 Å². The van der Waals surface area contributed by atoms with Gasteiger partial charge >= 0.3 is 0 Å². The Morgan fingerprint density at radius 1 is 1.73 bits per heavy atom. The standard InChI is InChI=1S/C7H10N2OS/c1-7(2,8)6(10)5-3-4-9-11-5/h3-4H,8H2,1-2H3. The molecule has 1 aromatic heterocycles. The van der Waals surface area contributed by atoms with Gasteiger partial charge in [-0.2, -0.15) is 0 Å². The van der Waals surface area contributed by atoms with Crippen LogP contribution in [0, 0.1) is 0 Å². The number of nitrogens with two attached hydrogens (primary N) is 1. The van der Waals surface area contributed by atoms with Crippen LogP contribution < -0.4 is 5.73 Å². The first-order valence-electron chi connectivity index (χ1n) is 3.26. The lowest BCUT2D eigenvalue weighted by Crippen LogP contribution is -2.41. The summed E-state index contributed by atoms with van der Waals surface area (Å²) in [6, 6.07) is 1.68. The lowest BCUT2D eigenvalue weighted by atomic mass is 10.00. The molecule has 60 valence electrons. The van der Waals surface area contributed by atoms with Gasteiger partial charge in [0.25, 0.3) is 0 Å². The molecule has 4 heteroatoms. The second kappa shape index (κ2) is 2.71. The molecule has 0 unspecified atom stereocenters. The van der Waals surface area contributed by atoms with Crippen LogP contribution in [0.2, 0.25) is 0 Å². The average molecular weight is 170 g/mol. The van der Waals surface area contributed by atoms with Gasteiger partial charge in [-0.15, -0.1) is 0 Å². The number of hydrogen-bond donors (Lipinski definition) is 1. The lowest BCUT2D eigenvalue weighted by molar-refractivity contribution is 0.0918. The third-order valence-corrected chi connectivity index (χ3v) is 1.99. The van der Waals surface area contributed by atoms with Gasteiger partial charge in [0.15, 0.2) is 5.78 Å². The van der Waals surface area contributed by atoms with Crippen LogP contribution in [0.3, 0.4) is 0 Å². The fourth-order valence-corrected chi connectivity index (χ4v) is 1.35. The Morgan fingerprint density at radius 2 is 2.36 bits per heavy atom. The second-order valence-electron chi connectivity index (χ2n) is 2.93. The fraction of sp³-hybridized carbons (Fsp3) is 0.429. The minimum absolute atomic E-state index is 0.0556. The first kappa shape index (κ1) is 8.36. The Kier molecular flexibility index (Phi) is 2.06. The van der Waals surface area contributed by atoms with Crippen molar-refractivity contribution in [1.82, 2.24) is 4.37 Å². The van der Waals surface area contributed by atoms with Gasteiger partial charge in [-0.1, -0.05) is 0 Å². The molecule has 1 rings (SSSR count). The molecule has 0 spiro atoms. The predicted octanol–water partition coefficient (Wildman–Crippen LogP) is 1.06. The number of nitrogens with zero attached hydrogens (tertiary/aromatic N) is 1. The summed E-state index contributed by atoms with van der Waals surface area (Å²) in [5.41, 5.74) is 4.81. The van der Waals surface area contributed by atoms with E-state index in [4.69, 9.17) is 5.73 Å². The molecule has 0 saturated heterocycles. The number of rotatable bonds is 2. The summed E-state index contributed by atoms with van der Waals surface area (Å²) in [4.78, 5) is 12.0. The first-order valence-corrected chi connectivity index (χ1v) is 4.03. The molecule has 0 saturated carbocycles. The summed E-state index contributed by atoms with van der Waals surface area (Å²) in [5.74, 6) is -0.0556. The summed E-state index contributed by atoms with van der Waals surface area (Å²) in [6.45, 7) is 3.38. The Bertz CT molecular complexity index is 248. The van der Waals surface area contributed by atoms with Gasteiger partial charge in [0, 0.05) is 6.20 Å². The molecule has 0 fully saturated rings. The zero-order valence-electron chi connectivity index (χ0n) is 6.50. The monoisotopic (exact) mass is 170 g/mol. The molecule has 0 radical (unpaired) electrons. The molecule has 1 aromatic rings. The Balaban J connectivity index is 2.88. The summed E-state index contributed by atoms with van der Waals surface area (Å²) in [5, 5.41) is 0. The largest absolute Gasteiger partial charge is 0.319 e. The Morgan fingerprint density at radius 3 is 2.73 bits per heavy atom. The number of ketones is 1. The molecule has 0 aliphatic heterocycles. The molecule has 0 atom stereocenters. The van der Waals surface area contributed by atoms with Crippen LogP contribution in [-0.2, 0) is 0 Å². The van der Waals surface area contributed by atoms with E-state index in [0.29, 0.717) is 4.88 Å². The van der Waals surface area contributed by atoms with Crippen LogP contribution in [0.4, 0.5) is 0 Å². The summed E-state index contributed by atoms with van der Waals surface area (Å²) in [7, 11) is 0. The zero-order valence-corrected chi connectivity index (χ0v) is 7.31. The van der Waals surface area contributed by atoms with Crippen LogP contribution in [0.25, 0.3) is 0 Å². The van der Waals surface area contributed by atoms with E-state index in [1.165, 1.54) is 11.5 Å². The maximum absolute atomic E-state index is 11.4. The van der Waals surface area contributed by atoms with E-state index in [-0.39, 0.29) is 5.78 Å². The SMILES string of the molecule is CC(C)(N)C(=O)c1ccns1. The zero-order chi connectivity index (χ0) is 8.48. The minimum atomic E-state index is -0.785. The highest BCUT2D eigenvalue weighted by atomic mass is 32.1. The van der Waals surface area contributed by atoms with Crippen molar-refractivity contribution < 1.29 is 4.79 Å². The molecule has 11 heavy (non-hydrogen) atoms. The third kappa shape index (κ3) is 1.85. The van der Waals surface area contributed by atoms with Crippen LogP contribution in [0.15, 0.2) is 12.3 Å². The number of aromatic nitrogens is 1. The molecule has 0 amide bonds. The van der Waals surface area contributed by atoms with E-state index in [1.54, 1.807) is 26.1 Å². The number of carbonyl (C=O) groups is 1. The molecule has 0 aliphatic carbocycles. The van der Waals surface area contributed by atoms with Gasteiger partial charge in [0.1, 0.15) is 0 Å². The van der Waals surface area contributed by atoms with Crippen LogP contribution in [0.5, 0.6) is 0 Å². The predicted molar refractivity (Wildman–Crippen MR) is 44.7 cm³/mol. The van der Waals surface area contributed by atoms with Crippen molar-refractivity contribution in [3.8, 4) is 0 Å². The van der Waals surface area contributed by atoms with Gasteiger partial charge in [0.2, 0.25) is 0 Å². The van der Waals surface area contributed by atoms with E-state index in [1.807, 2.05) is 0 Å². The molecular formula is C7H10N2OS. The highest BCUT2D eigenvalue weighted by molar-refractivity contribution is 7.08. The van der Waals surface area contributed by atoms with E-state index in [0.717, 1.165) is 0 Å². The fourth-order valence-electron chi connectivity index (χ4n) is 0.650. The van der Waals surface area contributed by atoms with Gasteiger partial charge in [-0.25, -0.2) is 4.37 Å². The highest BCUT2D eigenvalue weighted by Crippen LogP contribution is 2.12. The maximum Gasteiger partial charge on any atom is 0.193 e. The van der Waals surface area contributed by atoms with E-state index >= 15 is 0 Å². The number of carbonyl (C=O) groups excluding carboxylic acids is 1. The third-order valence-electron chi connectivity index (χ3n) is 1.25. The summed E-state index contributed by atoms with van der Waals surface area (Å²) < 4.78 is 3.82. The van der Waals surface area contributed by atoms with Gasteiger partial charge in [-0.05, 0) is 31.4 Å². The van der Waals surface area contributed by atoms with Crippen molar-refractivity contribution in [3.05, 3.63) is 17.1 Å². The first-order chi connectivity index (χ1) is 5.02. The molecule has 0 bridgehead atoms. The van der Waals surface area contributed by atoms with Gasteiger partial charge in [0.05, 0.1) is 10.4 Å².